The third kappa shape index (κ3) is 3.82. The quantitative estimate of drug-likeness (QED) is 0.792. The fraction of sp³-hybridized carbons (Fsp3) is 0.409. The summed E-state index contributed by atoms with van der Waals surface area (Å²) in [6.45, 7) is 4.65. The van der Waals surface area contributed by atoms with Gasteiger partial charge in [-0.15, -0.1) is 0 Å². The van der Waals surface area contributed by atoms with Crippen molar-refractivity contribution < 1.29 is 14.3 Å². The molecule has 2 aromatic rings. The summed E-state index contributed by atoms with van der Waals surface area (Å²) >= 11 is 0. The van der Waals surface area contributed by atoms with Crippen molar-refractivity contribution in [3.05, 3.63) is 59.9 Å². The number of hydrogen-bond acceptors (Lipinski definition) is 5. The minimum Gasteiger partial charge on any atom is -0.367 e. The molecule has 2 fully saturated rings. The Morgan fingerprint density at radius 2 is 1.86 bits per heavy atom. The van der Waals surface area contributed by atoms with E-state index in [0.29, 0.717) is 13.1 Å². The van der Waals surface area contributed by atoms with Crippen LogP contribution < -0.4 is 4.90 Å². The van der Waals surface area contributed by atoms with E-state index in [9.17, 15) is 9.59 Å². The highest BCUT2D eigenvalue weighted by molar-refractivity contribution is 5.86. The molecular formula is C22H26N4O3. The highest BCUT2D eigenvalue weighted by Gasteiger charge is 2.42. The van der Waals surface area contributed by atoms with Crippen LogP contribution in [-0.4, -0.2) is 72.5 Å². The first-order chi connectivity index (χ1) is 14.1. The number of pyridine rings is 1. The monoisotopic (exact) mass is 394 g/mol. The average molecular weight is 394 g/mol. The van der Waals surface area contributed by atoms with Crippen LogP contribution >= 0.6 is 0 Å². The topological polar surface area (TPSA) is 66.0 Å². The lowest BCUT2D eigenvalue weighted by Gasteiger charge is -2.42. The molecule has 7 nitrogen and oxygen atoms in total. The number of carbonyl (C=O) groups is 2. The molecule has 152 valence electrons. The Morgan fingerprint density at radius 3 is 2.55 bits per heavy atom. The van der Waals surface area contributed by atoms with Crippen molar-refractivity contribution in [2.24, 2.45) is 0 Å². The molecule has 2 aliphatic rings. The second kappa shape index (κ2) is 8.21. The normalized spacial score (nSPS) is 22.7. The Labute approximate surface area is 170 Å². The van der Waals surface area contributed by atoms with Gasteiger partial charge in [0.25, 0.3) is 5.91 Å². The molecule has 2 atom stereocenters. The second-order valence-corrected chi connectivity index (χ2v) is 7.56. The molecule has 1 aromatic carbocycles. The van der Waals surface area contributed by atoms with Gasteiger partial charge in [0.1, 0.15) is 6.61 Å². The maximum Gasteiger partial charge on any atom is 0.254 e. The predicted molar refractivity (Wildman–Crippen MR) is 109 cm³/mol. The standard InChI is InChI=1S/C22H26N4O3/c1-16-6-3-4-8-18(16)20-21(29-15-19(27)24(20)2)22(28)26-12-10-25(11-13-26)17-7-5-9-23-14-17/h3-9,14,20-21H,10-13,15H2,1-2H3/t20-,21+/m1/s1. The summed E-state index contributed by atoms with van der Waals surface area (Å²) in [6.07, 6.45) is 2.91. The second-order valence-electron chi connectivity index (χ2n) is 7.56. The van der Waals surface area contributed by atoms with Crippen molar-refractivity contribution in [2.45, 2.75) is 19.1 Å². The van der Waals surface area contributed by atoms with Crippen molar-refractivity contribution in [3.8, 4) is 0 Å². The average Bonchev–Trinajstić information content (AvgIpc) is 2.76. The van der Waals surface area contributed by atoms with Gasteiger partial charge in [-0.1, -0.05) is 24.3 Å². The fourth-order valence-corrected chi connectivity index (χ4v) is 4.11. The van der Waals surface area contributed by atoms with Crippen molar-refractivity contribution in [3.63, 3.8) is 0 Å². The van der Waals surface area contributed by atoms with Crippen LogP contribution in [-0.2, 0) is 14.3 Å². The molecule has 29 heavy (non-hydrogen) atoms. The number of nitrogens with zero attached hydrogens (tertiary/aromatic N) is 4. The van der Waals surface area contributed by atoms with E-state index >= 15 is 0 Å². The summed E-state index contributed by atoms with van der Waals surface area (Å²) in [5.41, 5.74) is 3.06. The van der Waals surface area contributed by atoms with E-state index in [1.54, 1.807) is 18.1 Å². The first-order valence-electron chi connectivity index (χ1n) is 9.93. The van der Waals surface area contributed by atoms with Crippen LogP contribution in [0.1, 0.15) is 17.2 Å². The highest BCUT2D eigenvalue weighted by atomic mass is 16.5. The van der Waals surface area contributed by atoms with Crippen molar-refractivity contribution >= 4 is 17.5 Å². The van der Waals surface area contributed by atoms with Crippen LogP contribution in [0.4, 0.5) is 5.69 Å². The molecule has 3 heterocycles. The number of anilines is 1. The number of likely N-dealkylation sites (N-methyl/N-ethyl adjacent to an activating group) is 1. The third-order valence-corrected chi connectivity index (χ3v) is 5.84. The first kappa shape index (κ1) is 19.4. The zero-order valence-corrected chi connectivity index (χ0v) is 16.8. The number of morpholine rings is 1. The Balaban J connectivity index is 1.51. The van der Waals surface area contributed by atoms with Gasteiger partial charge in [-0.05, 0) is 30.2 Å². The lowest BCUT2D eigenvalue weighted by Crippen LogP contribution is -2.57. The molecule has 0 spiro atoms. The van der Waals surface area contributed by atoms with Gasteiger partial charge in [0.15, 0.2) is 6.10 Å². The van der Waals surface area contributed by atoms with Gasteiger partial charge in [-0.3, -0.25) is 14.6 Å². The molecule has 0 bridgehead atoms. The fourth-order valence-electron chi connectivity index (χ4n) is 4.11. The van der Waals surface area contributed by atoms with Crippen LogP contribution in [0.5, 0.6) is 0 Å². The van der Waals surface area contributed by atoms with Crippen LogP contribution in [0.15, 0.2) is 48.8 Å². The van der Waals surface area contributed by atoms with Gasteiger partial charge in [-0.25, -0.2) is 0 Å². The van der Waals surface area contributed by atoms with Crippen molar-refractivity contribution in [1.82, 2.24) is 14.8 Å². The van der Waals surface area contributed by atoms with Crippen LogP contribution in [0, 0.1) is 6.92 Å². The van der Waals surface area contributed by atoms with E-state index in [0.717, 1.165) is 29.9 Å². The van der Waals surface area contributed by atoms with E-state index in [2.05, 4.69) is 9.88 Å². The number of amides is 2. The smallest absolute Gasteiger partial charge is 0.254 e. The number of carbonyl (C=O) groups excluding carboxylic acids is 2. The third-order valence-electron chi connectivity index (χ3n) is 5.84. The molecule has 4 rings (SSSR count). The summed E-state index contributed by atoms with van der Waals surface area (Å²) in [6, 6.07) is 11.4. The number of hydrogen-bond donors (Lipinski definition) is 0. The van der Waals surface area contributed by atoms with Crippen LogP contribution in [0.2, 0.25) is 0 Å². The first-order valence-corrected chi connectivity index (χ1v) is 9.93. The zero-order chi connectivity index (χ0) is 20.4. The summed E-state index contributed by atoms with van der Waals surface area (Å²) in [7, 11) is 1.75. The molecule has 0 radical (unpaired) electrons. The molecule has 1 aromatic heterocycles. The summed E-state index contributed by atoms with van der Waals surface area (Å²) < 4.78 is 5.80. The van der Waals surface area contributed by atoms with Crippen molar-refractivity contribution in [1.29, 1.82) is 0 Å². The van der Waals surface area contributed by atoms with Crippen molar-refractivity contribution in [2.75, 3.05) is 44.7 Å². The summed E-state index contributed by atoms with van der Waals surface area (Å²) in [4.78, 5) is 35.6. The van der Waals surface area contributed by atoms with Gasteiger partial charge in [0.2, 0.25) is 5.91 Å². The van der Waals surface area contributed by atoms with Crippen LogP contribution in [0.25, 0.3) is 0 Å². The van der Waals surface area contributed by atoms with E-state index in [1.165, 1.54) is 0 Å². The summed E-state index contributed by atoms with van der Waals surface area (Å²) in [5.74, 6) is -0.160. The lowest BCUT2D eigenvalue weighted by atomic mass is 9.93. The molecule has 2 saturated heterocycles. The Kier molecular flexibility index (Phi) is 5.49. The molecule has 7 heteroatoms. The molecular weight excluding hydrogens is 368 g/mol. The van der Waals surface area contributed by atoms with E-state index < -0.39 is 12.1 Å². The van der Waals surface area contributed by atoms with Gasteiger partial charge in [0.05, 0.1) is 17.9 Å². The molecule has 2 amide bonds. The number of aromatic nitrogens is 1. The molecule has 0 N–H and O–H groups in total. The number of rotatable bonds is 3. The lowest BCUT2D eigenvalue weighted by molar-refractivity contribution is -0.167. The van der Waals surface area contributed by atoms with E-state index in [1.807, 2.05) is 54.4 Å². The molecule has 0 saturated carbocycles. The predicted octanol–water partition coefficient (Wildman–Crippen LogP) is 1.64. The minimum absolute atomic E-state index is 0.0524. The largest absolute Gasteiger partial charge is 0.367 e. The van der Waals surface area contributed by atoms with Crippen LogP contribution in [0.3, 0.4) is 0 Å². The van der Waals surface area contributed by atoms with Gasteiger partial charge < -0.3 is 19.4 Å². The Bertz CT molecular complexity index is 881. The maximum absolute atomic E-state index is 13.4. The van der Waals surface area contributed by atoms with Gasteiger partial charge in [-0.2, -0.15) is 0 Å². The maximum atomic E-state index is 13.4. The molecule has 0 unspecified atom stereocenters. The number of benzene rings is 1. The highest BCUT2D eigenvalue weighted by Crippen LogP contribution is 2.32. The van der Waals surface area contributed by atoms with Gasteiger partial charge in [0, 0.05) is 39.4 Å². The van der Waals surface area contributed by atoms with E-state index in [-0.39, 0.29) is 18.4 Å². The Morgan fingerprint density at radius 1 is 1.10 bits per heavy atom. The van der Waals surface area contributed by atoms with Gasteiger partial charge >= 0.3 is 0 Å². The zero-order valence-electron chi connectivity index (χ0n) is 16.8. The Hall–Kier alpha value is -2.93. The number of piperazine rings is 1. The molecule has 0 aliphatic carbocycles. The number of ether oxygens (including phenoxy) is 1. The summed E-state index contributed by atoms with van der Waals surface area (Å²) in [5, 5.41) is 0. The SMILES string of the molecule is Cc1ccccc1[C@@H]1[C@@H](C(=O)N2CCN(c3cccnc3)CC2)OCC(=O)N1C. The minimum atomic E-state index is -0.691. The van der Waals surface area contributed by atoms with E-state index in [4.69, 9.17) is 4.74 Å². The number of aryl methyl sites for hydroxylation is 1. The molecule has 2 aliphatic heterocycles.